The van der Waals surface area contributed by atoms with E-state index in [0.717, 1.165) is 13.6 Å². The molecule has 1 aromatic carbocycles. The maximum atomic E-state index is 8.76. The zero-order valence-corrected chi connectivity index (χ0v) is 10.7. The van der Waals surface area contributed by atoms with E-state index in [9.17, 15) is 0 Å². The van der Waals surface area contributed by atoms with Crippen molar-refractivity contribution in [2.24, 2.45) is 5.73 Å². The van der Waals surface area contributed by atoms with Gasteiger partial charge in [0.1, 0.15) is 0 Å². The summed E-state index contributed by atoms with van der Waals surface area (Å²) in [5, 5.41) is 8.76. The van der Waals surface area contributed by atoms with Crippen molar-refractivity contribution in [3.63, 3.8) is 0 Å². The predicted octanol–water partition coefficient (Wildman–Crippen LogP) is 2.44. The van der Waals surface area contributed by atoms with Crippen molar-refractivity contribution in [1.82, 2.24) is 0 Å². The van der Waals surface area contributed by atoms with Gasteiger partial charge in [0.15, 0.2) is 0 Å². The molecule has 13 heavy (non-hydrogen) atoms. The molecule has 0 amide bonds. The summed E-state index contributed by atoms with van der Waals surface area (Å²) in [7, 11) is 0. The van der Waals surface area contributed by atoms with Crippen molar-refractivity contribution < 1.29 is 5.11 Å². The lowest BCUT2D eigenvalue weighted by Gasteiger charge is -2.12. The lowest BCUT2D eigenvalue weighted by molar-refractivity contribution is 0.276. The minimum absolute atomic E-state index is 0.0746. The van der Waals surface area contributed by atoms with E-state index >= 15 is 0 Å². The number of benzene rings is 1. The van der Waals surface area contributed by atoms with Crippen LogP contribution in [-0.4, -0.2) is 11.7 Å². The summed E-state index contributed by atoms with van der Waals surface area (Å²) >= 11 is 5.64. The highest BCUT2D eigenvalue weighted by Gasteiger charge is 2.09. The molecule has 0 fully saturated rings. The van der Waals surface area contributed by atoms with Crippen molar-refractivity contribution >= 4 is 38.5 Å². The van der Waals surface area contributed by atoms with Gasteiger partial charge >= 0.3 is 0 Å². The first-order chi connectivity index (χ1) is 6.15. The molecule has 0 aliphatic carbocycles. The van der Waals surface area contributed by atoms with E-state index < -0.39 is 0 Å². The monoisotopic (exact) mass is 355 g/mol. The zero-order valence-electron chi connectivity index (χ0n) is 7.00. The second kappa shape index (κ2) is 5.29. The van der Waals surface area contributed by atoms with Crippen LogP contribution in [0.15, 0.2) is 22.7 Å². The quantitative estimate of drug-likeness (QED) is 0.818. The number of nitrogens with two attached hydrogens (primary N) is 1. The van der Waals surface area contributed by atoms with Crippen LogP contribution >= 0.6 is 38.5 Å². The van der Waals surface area contributed by atoms with Crippen molar-refractivity contribution in [2.45, 2.75) is 12.5 Å². The fourth-order valence-corrected chi connectivity index (χ4v) is 2.21. The fraction of sp³-hybridized carbons (Fsp3) is 0.333. The van der Waals surface area contributed by atoms with Gasteiger partial charge in [0.05, 0.1) is 0 Å². The van der Waals surface area contributed by atoms with E-state index in [1.54, 1.807) is 0 Å². The summed E-state index contributed by atoms with van der Waals surface area (Å²) in [5.41, 5.74) is 6.98. The summed E-state index contributed by atoms with van der Waals surface area (Å²) in [6.45, 7) is 0.129. The summed E-state index contributed by atoms with van der Waals surface area (Å²) in [6, 6.07) is 5.92. The minimum atomic E-state index is -0.0746. The number of aliphatic hydroxyl groups is 1. The van der Waals surface area contributed by atoms with Crippen molar-refractivity contribution in [3.05, 3.63) is 31.8 Å². The molecule has 0 spiro atoms. The topological polar surface area (TPSA) is 46.2 Å². The summed E-state index contributed by atoms with van der Waals surface area (Å²) in [4.78, 5) is 0. The Kier molecular flexibility index (Phi) is 4.64. The summed E-state index contributed by atoms with van der Waals surface area (Å²) in [6.07, 6.45) is 0.604. The molecule has 0 unspecified atom stereocenters. The van der Waals surface area contributed by atoms with E-state index in [0.29, 0.717) is 6.42 Å². The molecule has 1 aromatic rings. The van der Waals surface area contributed by atoms with Gasteiger partial charge in [-0.3, -0.25) is 0 Å². The van der Waals surface area contributed by atoms with Crippen molar-refractivity contribution in [1.29, 1.82) is 0 Å². The van der Waals surface area contributed by atoms with E-state index in [4.69, 9.17) is 10.8 Å². The largest absolute Gasteiger partial charge is 0.396 e. The molecule has 4 heteroatoms. The lowest BCUT2D eigenvalue weighted by atomic mass is 10.1. The minimum Gasteiger partial charge on any atom is -0.396 e. The molecule has 0 aliphatic heterocycles. The van der Waals surface area contributed by atoms with Crippen LogP contribution < -0.4 is 5.73 Å². The van der Waals surface area contributed by atoms with Gasteiger partial charge in [0.25, 0.3) is 0 Å². The molecular formula is C9H11BrINO. The molecule has 3 N–H and O–H groups in total. The van der Waals surface area contributed by atoms with Crippen molar-refractivity contribution in [2.75, 3.05) is 6.61 Å². The highest BCUT2D eigenvalue weighted by Crippen LogP contribution is 2.24. The van der Waals surface area contributed by atoms with E-state index in [1.165, 1.54) is 0 Å². The first-order valence-corrected chi connectivity index (χ1v) is 5.83. The Labute approximate surface area is 99.8 Å². The van der Waals surface area contributed by atoms with Crippen LogP contribution in [0.3, 0.4) is 0 Å². The van der Waals surface area contributed by atoms with E-state index in [1.807, 2.05) is 18.2 Å². The SMILES string of the molecule is N[C@@H](CCO)c1cc(Br)ccc1I. The summed E-state index contributed by atoms with van der Waals surface area (Å²) < 4.78 is 2.16. The number of aliphatic hydroxyl groups excluding tert-OH is 1. The van der Waals surface area contributed by atoms with Crippen LogP contribution in [0.25, 0.3) is 0 Å². The van der Waals surface area contributed by atoms with E-state index in [2.05, 4.69) is 38.5 Å². The second-order valence-corrected chi connectivity index (χ2v) is 4.86. The van der Waals surface area contributed by atoms with Gasteiger partial charge in [-0.25, -0.2) is 0 Å². The van der Waals surface area contributed by atoms with Gasteiger partial charge in [0.2, 0.25) is 0 Å². The number of hydrogen-bond acceptors (Lipinski definition) is 2. The Balaban J connectivity index is 2.91. The zero-order chi connectivity index (χ0) is 9.84. The first kappa shape index (κ1) is 11.4. The molecule has 0 aromatic heterocycles. The average molecular weight is 356 g/mol. The molecule has 1 rings (SSSR count). The molecule has 0 aliphatic rings. The van der Waals surface area contributed by atoms with Crippen LogP contribution in [0.2, 0.25) is 0 Å². The smallest absolute Gasteiger partial charge is 0.0449 e. The van der Waals surface area contributed by atoms with Gasteiger partial charge in [-0.05, 0) is 52.8 Å². The van der Waals surface area contributed by atoms with Gasteiger partial charge in [0, 0.05) is 20.7 Å². The molecular weight excluding hydrogens is 345 g/mol. The predicted molar refractivity (Wildman–Crippen MR) is 65.5 cm³/mol. The third-order valence-corrected chi connectivity index (χ3v) is 3.27. The Hall–Kier alpha value is 0.350. The molecule has 72 valence electrons. The van der Waals surface area contributed by atoms with Crippen molar-refractivity contribution in [3.8, 4) is 0 Å². The van der Waals surface area contributed by atoms with Crippen LogP contribution in [0.5, 0.6) is 0 Å². The molecule has 0 saturated heterocycles. The molecule has 0 heterocycles. The Bertz CT molecular complexity index is 293. The molecule has 1 atom stereocenters. The number of hydrogen-bond donors (Lipinski definition) is 2. The third kappa shape index (κ3) is 3.19. The van der Waals surface area contributed by atoms with E-state index in [-0.39, 0.29) is 12.6 Å². The second-order valence-electron chi connectivity index (χ2n) is 2.78. The Morgan fingerprint density at radius 1 is 1.54 bits per heavy atom. The highest BCUT2D eigenvalue weighted by molar-refractivity contribution is 14.1. The van der Waals surface area contributed by atoms with Gasteiger partial charge in [-0.15, -0.1) is 0 Å². The number of halogens is 2. The summed E-state index contributed by atoms with van der Waals surface area (Å²) in [5.74, 6) is 0. The van der Waals surface area contributed by atoms with Gasteiger partial charge < -0.3 is 10.8 Å². The maximum Gasteiger partial charge on any atom is 0.0449 e. The van der Waals surface area contributed by atoms with Gasteiger partial charge in [-0.1, -0.05) is 15.9 Å². The lowest BCUT2D eigenvalue weighted by Crippen LogP contribution is -2.13. The molecule has 0 bridgehead atoms. The van der Waals surface area contributed by atoms with Gasteiger partial charge in [-0.2, -0.15) is 0 Å². The molecule has 0 radical (unpaired) electrons. The molecule has 0 saturated carbocycles. The van der Waals surface area contributed by atoms with Crippen LogP contribution in [0.1, 0.15) is 18.0 Å². The first-order valence-electron chi connectivity index (χ1n) is 3.96. The highest BCUT2D eigenvalue weighted by atomic mass is 127. The van der Waals surface area contributed by atoms with Crippen LogP contribution in [-0.2, 0) is 0 Å². The van der Waals surface area contributed by atoms with Crippen LogP contribution in [0, 0.1) is 3.57 Å². The Morgan fingerprint density at radius 2 is 2.23 bits per heavy atom. The number of rotatable bonds is 3. The fourth-order valence-electron chi connectivity index (χ4n) is 1.09. The van der Waals surface area contributed by atoms with Crippen LogP contribution in [0.4, 0.5) is 0 Å². The standard InChI is InChI=1S/C9H11BrINO/c10-6-1-2-8(11)7(5-6)9(12)3-4-13/h1-2,5,9,13H,3-4,12H2/t9-/m0/s1. The third-order valence-electron chi connectivity index (χ3n) is 1.80. The normalized spacial score (nSPS) is 12.9. The maximum absolute atomic E-state index is 8.76. The molecule has 2 nitrogen and oxygen atoms in total. The average Bonchev–Trinajstić information content (AvgIpc) is 2.09. The Morgan fingerprint density at radius 3 is 2.85 bits per heavy atom.